The average Bonchev–Trinajstić information content (AvgIpc) is 3.02. The minimum absolute atomic E-state index is 0.000461. The van der Waals surface area contributed by atoms with Crippen LogP contribution in [0.15, 0.2) is 24.5 Å². The Morgan fingerprint density at radius 2 is 2.04 bits per heavy atom. The number of hydrogen-bond acceptors (Lipinski definition) is 4. The van der Waals surface area contributed by atoms with Gasteiger partial charge in [0.2, 0.25) is 0 Å². The van der Waals surface area contributed by atoms with E-state index in [1.165, 1.54) is 11.1 Å². The molecule has 1 N–H and O–H groups in total. The van der Waals surface area contributed by atoms with Crippen molar-refractivity contribution in [3.8, 4) is 5.69 Å². The number of piperidine rings is 1. The summed E-state index contributed by atoms with van der Waals surface area (Å²) >= 11 is 0. The lowest BCUT2D eigenvalue weighted by molar-refractivity contribution is -0.00600. The molecule has 2 atom stereocenters. The van der Waals surface area contributed by atoms with Crippen molar-refractivity contribution < 1.29 is 4.79 Å². The fourth-order valence-electron chi connectivity index (χ4n) is 3.85. The van der Waals surface area contributed by atoms with Crippen LogP contribution in [0.5, 0.6) is 0 Å². The number of fused-ring (bicyclic) bond motifs is 2. The highest BCUT2D eigenvalue weighted by atomic mass is 16.2. The standard InChI is InChI=1S/C16H20N6O/c1-10-5-13-8-14(6-10)21(13)16(23)19-12-4-3-11(2)15(7-12)22-18-9-17-20-22/h3-4,7,9-10,13-14H,5-6,8H2,1-2H3,(H,19,23). The quantitative estimate of drug-likeness (QED) is 0.923. The van der Waals surface area contributed by atoms with Crippen molar-refractivity contribution in [1.29, 1.82) is 0 Å². The molecule has 2 amide bonds. The first-order valence-corrected chi connectivity index (χ1v) is 8.05. The van der Waals surface area contributed by atoms with E-state index in [2.05, 4.69) is 27.7 Å². The van der Waals surface area contributed by atoms with Crippen molar-refractivity contribution in [3.05, 3.63) is 30.1 Å². The molecular formula is C16H20N6O. The Morgan fingerprint density at radius 1 is 1.26 bits per heavy atom. The number of tetrazole rings is 1. The summed E-state index contributed by atoms with van der Waals surface area (Å²) < 4.78 is 0. The van der Waals surface area contributed by atoms with Crippen LogP contribution >= 0.6 is 0 Å². The second-order valence-electron chi connectivity index (χ2n) is 6.68. The summed E-state index contributed by atoms with van der Waals surface area (Å²) in [6.07, 6.45) is 4.78. The number of carbonyl (C=O) groups excluding carboxylic acids is 1. The molecule has 4 rings (SSSR count). The SMILES string of the molecule is Cc1ccc(NC(=O)N2C3CC(C)CC2C3)cc1-n1ncnn1. The summed E-state index contributed by atoms with van der Waals surface area (Å²) in [6.45, 7) is 4.25. The van der Waals surface area contributed by atoms with Crippen molar-refractivity contribution >= 4 is 11.7 Å². The van der Waals surface area contributed by atoms with Gasteiger partial charge in [-0.3, -0.25) is 0 Å². The number of amides is 2. The molecule has 23 heavy (non-hydrogen) atoms. The maximum atomic E-state index is 12.6. The lowest BCUT2D eigenvalue weighted by atomic mass is 9.74. The molecule has 0 aliphatic carbocycles. The van der Waals surface area contributed by atoms with E-state index in [0.717, 1.165) is 42.1 Å². The Hall–Kier alpha value is -2.44. The van der Waals surface area contributed by atoms with Crippen molar-refractivity contribution in [3.63, 3.8) is 0 Å². The van der Waals surface area contributed by atoms with Crippen molar-refractivity contribution in [2.24, 2.45) is 5.92 Å². The third-order valence-electron chi connectivity index (χ3n) is 4.94. The zero-order valence-electron chi connectivity index (χ0n) is 13.3. The van der Waals surface area contributed by atoms with Crippen LogP contribution in [0, 0.1) is 12.8 Å². The van der Waals surface area contributed by atoms with Crippen molar-refractivity contribution in [2.45, 2.75) is 45.2 Å². The van der Waals surface area contributed by atoms with Gasteiger partial charge < -0.3 is 10.2 Å². The Bertz CT molecular complexity index is 716. The Kier molecular flexibility index (Phi) is 3.28. The van der Waals surface area contributed by atoms with E-state index in [1.807, 2.05) is 30.0 Å². The fraction of sp³-hybridized carbons (Fsp3) is 0.500. The number of aromatic nitrogens is 4. The molecule has 1 aromatic heterocycles. The largest absolute Gasteiger partial charge is 0.322 e. The first-order chi connectivity index (χ1) is 11.1. The van der Waals surface area contributed by atoms with E-state index in [0.29, 0.717) is 12.1 Å². The molecule has 2 aliphatic heterocycles. The monoisotopic (exact) mass is 312 g/mol. The van der Waals surface area contributed by atoms with Gasteiger partial charge >= 0.3 is 6.03 Å². The molecule has 0 spiro atoms. The molecule has 3 heterocycles. The molecule has 2 saturated heterocycles. The van der Waals surface area contributed by atoms with Gasteiger partial charge in [0, 0.05) is 17.8 Å². The number of aryl methyl sites for hydroxylation is 1. The zero-order valence-corrected chi connectivity index (χ0v) is 13.3. The van der Waals surface area contributed by atoms with E-state index in [4.69, 9.17) is 0 Å². The summed E-state index contributed by atoms with van der Waals surface area (Å²) in [7, 11) is 0. The molecule has 0 saturated carbocycles. The molecule has 120 valence electrons. The Labute approximate surface area is 134 Å². The van der Waals surface area contributed by atoms with E-state index < -0.39 is 0 Å². The van der Waals surface area contributed by atoms with Crippen molar-refractivity contribution in [2.75, 3.05) is 5.32 Å². The lowest BCUT2D eigenvalue weighted by Crippen LogP contribution is -2.63. The van der Waals surface area contributed by atoms with Gasteiger partial charge in [0.15, 0.2) is 6.33 Å². The van der Waals surface area contributed by atoms with Gasteiger partial charge in [0.05, 0.1) is 5.69 Å². The Morgan fingerprint density at radius 3 is 2.74 bits per heavy atom. The molecular weight excluding hydrogens is 292 g/mol. The number of urea groups is 1. The average molecular weight is 312 g/mol. The first kappa shape index (κ1) is 14.2. The molecule has 2 fully saturated rings. The predicted octanol–water partition coefficient (Wildman–Crippen LogP) is 2.38. The molecule has 7 heteroatoms. The molecule has 2 bridgehead atoms. The van der Waals surface area contributed by atoms with Crippen LogP contribution in [0.2, 0.25) is 0 Å². The predicted molar refractivity (Wildman–Crippen MR) is 85.3 cm³/mol. The van der Waals surface area contributed by atoms with Gasteiger partial charge in [0.25, 0.3) is 0 Å². The van der Waals surface area contributed by atoms with Gasteiger partial charge in [-0.05, 0) is 55.0 Å². The van der Waals surface area contributed by atoms with E-state index >= 15 is 0 Å². The molecule has 2 unspecified atom stereocenters. The minimum atomic E-state index is -0.000461. The normalized spacial score (nSPS) is 25.8. The number of carbonyl (C=O) groups is 1. The number of anilines is 1. The summed E-state index contributed by atoms with van der Waals surface area (Å²) in [5, 5.41) is 14.7. The molecule has 7 nitrogen and oxygen atoms in total. The second kappa shape index (κ2) is 5.33. The highest BCUT2D eigenvalue weighted by Crippen LogP contribution is 2.41. The molecule has 2 aromatic rings. The van der Waals surface area contributed by atoms with Gasteiger partial charge in [-0.15, -0.1) is 15.0 Å². The van der Waals surface area contributed by atoms with Crippen LogP contribution in [-0.4, -0.2) is 43.2 Å². The van der Waals surface area contributed by atoms with E-state index in [9.17, 15) is 4.79 Å². The van der Waals surface area contributed by atoms with Crippen LogP contribution in [0.1, 0.15) is 31.7 Å². The topological polar surface area (TPSA) is 75.9 Å². The summed E-state index contributed by atoms with van der Waals surface area (Å²) in [5.74, 6) is 0.729. The third kappa shape index (κ3) is 2.46. The third-order valence-corrected chi connectivity index (χ3v) is 4.94. The molecule has 2 aliphatic rings. The van der Waals surface area contributed by atoms with E-state index in [1.54, 1.807) is 0 Å². The molecule has 1 aromatic carbocycles. The van der Waals surface area contributed by atoms with Gasteiger partial charge in [0.1, 0.15) is 0 Å². The summed E-state index contributed by atoms with van der Waals surface area (Å²) in [5.41, 5.74) is 2.60. The van der Waals surface area contributed by atoms with Crippen LogP contribution in [0.25, 0.3) is 5.69 Å². The second-order valence-corrected chi connectivity index (χ2v) is 6.68. The van der Waals surface area contributed by atoms with Crippen LogP contribution in [0.4, 0.5) is 10.5 Å². The van der Waals surface area contributed by atoms with E-state index in [-0.39, 0.29) is 6.03 Å². The van der Waals surface area contributed by atoms with Crippen LogP contribution in [-0.2, 0) is 0 Å². The number of rotatable bonds is 2. The van der Waals surface area contributed by atoms with Gasteiger partial charge in [-0.25, -0.2) is 4.79 Å². The fourth-order valence-corrected chi connectivity index (χ4v) is 3.85. The maximum absolute atomic E-state index is 12.6. The van der Waals surface area contributed by atoms with Gasteiger partial charge in [-0.1, -0.05) is 13.0 Å². The number of hydrogen-bond donors (Lipinski definition) is 1. The Balaban J connectivity index is 1.51. The number of nitrogens with zero attached hydrogens (tertiary/aromatic N) is 5. The highest BCUT2D eigenvalue weighted by molar-refractivity contribution is 5.90. The maximum Gasteiger partial charge on any atom is 0.322 e. The lowest BCUT2D eigenvalue weighted by Gasteiger charge is -2.54. The van der Waals surface area contributed by atoms with Gasteiger partial charge in [-0.2, -0.15) is 0 Å². The minimum Gasteiger partial charge on any atom is -0.318 e. The smallest absolute Gasteiger partial charge is 0.318 e. The number of nitrogens with one attached hydrogen (secondary N) is 1. The molecule has 0 radical (unpaired) electrons. The highest BCUT2D eigenvalue weighted by Gasteiger charge is 2.46. The number of benzene rings is 1. The van der Waals surface area contributed by atoms with Crippen molar-refractivity contribution in [1.82, 2.24) is 25.1 Å². The van der Waals surface area contributed by atoms with Crippen LogP contribution < -0.4 is 5.32 Å². The zero-order chi connectivity index (χ0) is 16.0. The summed E-state index contributed by atoms with van der Waals surface area (Å²) in [6, 6.07) is 6.56. The summed E-state index contributed by atoms with van der Waals surface area (Å²) in [4.78, 5) is 16.0. The van der Waals surface area contributed by atoms with Crippen LogP contribution in [0.3, 0.4) is 0 Å². The first-order valence-electron chi connectivity index (χ1n) is 8.05.